The highest BCUT2D eigenvalue weighted by atomic mass is 35.5. The first-order valence-corrected chi connectivity index (χ1v) is 8.84. The summed E-state index contributed by atoms with van der Waals surface area (Å²) in [6, 6.07) is 7.39. The molecule has 1 unspecified atom stereocenters. The first-order valence-electron chi connectivity index (χ1n) is 8.08. The predicted molar refractivity (Wildman–Crippen MR) is 89.9 cm³/mol. The molecule has 5 heteroatoms. The van der Waals surface area contributed by atoms with Crippen molar-refractivity contribution < 1.29 is 4.84 Å². The molecular formula is C17H20Cl2N2O. The minimum Gasteiger partial charge on any atom is -0.396 e. The molecule has 3 saturated heterocycles. The van der Waals surface area contributed by atoms with Crippen LogP contribution in [0.4, 0.5) is 0 Å². The molecule has 0 saturated carbocycles. The van der Waals surface area contributed by atoms with Gasteiger partial charge in [0.25, 0.3) is 0 Å². The summed E-state index contributed by atoms with van der Waals surface area (Å²) in [6.07, 6.45) is 3.77. The molecule has 1 aromatic rings. The van der Waals surface area contributed by atoms with E-state index in [9.17, 15) is 0 Å². The Morgan fingerprint density at radius 3 is 2.91 bits per heavy atom. The van der Waals surface area contributed by atoms with Gasteiger partial charge in [-0.25, -0.2) is 0 Å². The van der Waals surface area contributed by atoms with Crippen molar-refractivity contribution in [1.29, 1.82) is 0 Å². The monoisotopic (exact) mass is 338 g/mol. The number of hydrogen-bond acceptors (Lipinski definition) is 3. The third-order valence-electron chi connectivity index (χ3n) is 5.48. The van der Waals surface area contributed by atoms with E-state index in [1.165, 1.54) is 30.5 Å². The van der Waals surface area contributed by atoms with E-state index in [-0.39, 0.29) is 0 Å². The van der Waals surface area contributed by atoms with E-state index in [2.05, 4.69) is 16.1 Å². The summed E-state index contributed by atoms with van der Waals surface area (Å²) in [6.45, 7) is 3.58. The maximum Gasteiger partial charge on any atom is 0.114 e. The van der Waals surface area contributed by atoms with Crippen molar-refractivity contribution in [3.63, 3.8) is 0 Å². The second-order valence-electron chi connectivity index (χ2n) is 6.51. The quantitative estimate of drug-likeness (QED) is 0.766. The van der Waals surface area contributed by atoms with Gasteiger partial charge in [0, 0.05) is 24.5 Å². The second kappa shape index (κ2) is 5.70. The van der Waals surface area contributed by atoms with Crippen LogP contribution >= 0.6 is 23.2 Å². The van der Waals surface area contributed by atoms with Gasteiger partial charge in [0.1, 0.15) is 6.61 Å². The van der Waals surface area contributed by atoms with Gasteiger partial charge in [-0.3, -0.25) is 4.90 Å². The summed E-state index contributed by atoms with van der Waals surface area (Å²) in [7, 11) is 0. The molecule has 0 radical (unpaired) electrons. The summed E-state index contributed by atoms with van der Waals surface area (Å²) in [5.74, 6) is 0.938. The molecule has 0 amide bonds. The van der Waals surface area contributed by atoms with Crippen molar-refractivity contribution >= 4 is 28.9 Å². The lowest BCUT2D eigenvalue weighted by atomic mass is 9.77. The molecule has 3 heterocycles. The number of oxime groups is 1. The van der Waals surface area contributed by atoms with Gasteiger partial charge < -0.3 is 4.84 Å². The zero-order valence-electron chi connectivity index (χ0n) is 12.6. The van der Waals surface area contributed by atoms with Gasteiger partial charge in [0.2, 0.25) is 0 Å². The Morgan fingerprint density at radius 1 is 1.27 bits per heavy atom. The van der Waals surface area contributed by atoms with Crippen LogP contribution in [0.1, 0.15) is 37.7 Å². The number of hydrogen-bond donors (Lipinski definition) is 0. The van der Waals surface area contributed by atoms with E-state index in [1.54, 1.807) is 0 Å². The summed E-state index contributed by atoms with van der Waals surface area (Å²) in [5.41, 5.74) is 2.51. The SMILES string of the molecule is CCON=C1CN2[C@H]3CC[C@@H]2[C@H]1[C@@H](c1ccc(Cl)c(Cl)c1)C3. The molecule has 0 aromatic heterocycles. The molecule has 0 N–H and O–H groups in total. The van der Waals surface area contributed by atoms with Crippen molar-refractivity contribution in [3.05, 3.63) is 33.8 Å². The van der Waals surface area contributed by atoms with Crippen molar-refractivity contribution in [3.8, 4) is 0 Å². The Kier molecular flexibility index (Phi) is 3.83. The second-order valence-corrected chi connectivity index (χ2v) is 7.33. The van der Waals surface area contributed by atoms with Crippen LogP contribution in [0.25, 0.3) is 0 Å². The van der Waals surface area contributed by atoms with E-state index in [1.807, 2.05) is 19.1 Å². The minimum atomic E-state index is 0.461. The third kappa shape index (κ3) is 2.26. The van der Waals surface area contributed by atoms with Crippen LogP contribution in [0, 0.1) is 5.92 Å². The van der Waals surface area contributed by atoms with Crippen molar-refractivity contribution in [2.45, 2.75) is 44.2 Å². The molecule has 3 nitrogen and oxygen atoms in total. The number of halogens is 2. The Hall–Kier alpha value is -0.770. The predicted octanol–water partition coefficient (Wildman–Crippen LogP) is 4.34. The molecule has 1 aromatic carbocycles. The van der Waals surface area contributed by atoms with Gasteiger partial charge in [0.15, 0.2) is 0 Å². The van der Waals surface area contributed by atoms with Gasteiger partial charge in [-0.2, -0.15) is 0 Å². The molecule has 22 heavy (non-hydrogen) atoms. The van der Waals surface area contributed by atoms with Crippen LogP contribution in [0.2, 0.25) is 10.0 Å². The molecule has 118 valence electrons. The van der Waals surface area contributed by atoms with Gasteiger partial charge in [-0.05, 0) is 49.8 Å². The van der Waals surface area contributed by atoms with Crippen molar-refractivity contribution in [2.75, 3.05) is 13.2 Å². The summed E-state index contributed by atoms with van der Waals surface area (Å²) >= 11 is 12.3. The molecule has 4 rings (SSSR count). The normalized spacial score (nSPS) is 37.8. The van der Waals surface area contributed by atoms with Gasteiger partial charge >= 0.3 is 0 Å². The lowest BCUT2D eigenvalue weighted by molar-refractivity contribution is 0.151. The van der Waals surface area contributed by atoms with Crippen LogP contribution in [-0.4, -0.2) is 35.8 Å². The van der Waals surface area contributed by atoms with Gasteiger partial charge in [0.05, 0.1) is 15.8 Å². The highest BCUT2D eigenvalue weighted by Gasteiger charge is 2.54. The number of rotatable bonds is 3. The van der Waals surface area contributed by atoms with Gasteiger partial charge in [-0.1, -0.05) is 34.4 Å². The number of benzene rings is 1. The lowest BCUT2D eigenvalue weighted by Gasteiger charge is -2.36. The van der Waals surface area contributed by atoms with Crippen molar-refractivity contribution in [2.24, 2.45) is 11.1 Å². The highest BCUT2D eigenvalue weighted by Crippen LogP contribution is 2.51. The molecule has 4 bridgehead atoms. The van der Waals surface area contributed by atoms with Crippen LogP contribution in [0.5, 0.6) is 0 Å². The third-order valence-corrected chi connectivity index (χ3v) is 6.22. The van der Waals surface area contributed by atoms with E-state index in [4.69, 9.17) is 28.0 Å². The largest absolute Gasteiger partial charge is 0.396 e. The Bertz CT molecular complexity index is 619. The molecule has 3 aliphatic heterocycles. The van der Waals surface area contributed by atoms with Crippen LogP contribution in [0.15, 0.2) is 23.4 Å². The maximum atomic E-state index is 6.25. The molecule has 5 atom stereocenters. The average molecular weight is 339 g/mol. The summed E-state index contributed by atoms with van der Waals surface area (Å²) < 4.78 is 0. The fourth-order valence-corrected chi connectivity index (χ4v) is 4.94. The Labute approximate surface area is 141 Å². The minimum absolute atomic E-state index is 0.461. The average Bonchev–Trinajstić information content (AvgIpc) is 2.93. The molecule has 3 aliphatic rings. The highest BCUT2D eigenvalue weighted by molar-refractivity contribution is 6.42. The molecule has 3 fully saturated rings. The van der Waals surface area contributed by atoms with E-state index in [0.717, 1.165) is 6.54 Å². The topological polar surface area (TPSA) is 24.8 Å². The van der Waals surface area contributed by atoms with E-state index < -0.39 is 0 Å². The zero-order valence-corrected chi connectivity index (χ0v) is 14.1. The van der Waals surface area contributed by atoms with Crippen molar-refractivity contribution in [1.82, 2.24) is 4.90 Å². The summed E-state index contributed by atoms with van der Waals surface area (Å²) in [4.78, 5) is 8.01. The Morgan fingerprint density at radius 2 is 2.14 bits per heavy atom. The van der Waals surface area contributed by atoms with E-state index >= 15 is 0 Å². The first-order chi connectivity index (χ1) is 10.7. The maximum absolute atomic E-state index is 6.25. The number of nitrogens with zero attached hydrogens (tertiary/aromatic N) is 2. The summed E-state index contributed by atoms with van der Waals surface area (Å²) in [5, 5.41) is 5.71. The first kappa shape index (κ1) is 14.8. The standard InChI is InChI=1S/C17H20Cl2N2O/c1-2-22-20-15-9-21-11-4-6-16(21)17(15)12(8-11)10-3-5-13(18)14(19)7-10/h3,5,7,11-12,16-17H,2,4,6,8-9H2,1H3/t11-,12+,16+,17-/m0/s1. The zero-order chi connectivity index (χ0) is 15.3. The number of piperidine rings is 1. The molecular weight excluding hydrogens is 319 g/mol. The van der Waals surface area contributed by atoms with E-state index in [0.29, 0.717) is 40.6 Å². The van der Waals surface area contributed by atoms with Crippen LogP contribution in [0.3, 0.4) is 0 Å². The lowest BCUT2D eigenvalue weighted by Crippen LogP contribution is -2.40. The van der Waals surface area contributed by atoms with Gasteiger partial charge in [-0.15, -0.1) is 0 Å². The molecule has 0 spiro atoms. The smallest absolute Gasteiger partial charge is 0.114 e. The fourth-order valence-electron chi connectivity index (χ4n) is 4.63. The van der Waals surface area contributed by atoms with Crippen LogP contribution in [-0.2, 0) is 4.84 Å². The Balaban J connectivity index is 1.71. The fraction of sp³-hybridized carbons (Fsp3) is 0.588. The van der Waals surface area contributed by atoms with Crippen LogP contribution < -0.4 is 0 Å². The molecule has 0 aliphatic carbocycles.